The number of hydrogen-bond donors (Lipinski definition) is 0. The van der Waals surface area contributed by atoms with Crippen molar-refractivity contribution in [2.24, 2.45) is 4.99 Å². The molecule has 0 bridgehead atoms. The summed E-state index contributed by atoms with van der Waals surface area (Å²) in [5.74, 6) is 0.564. The molecule has 0 N–H and O–H groups in total. The lowest BCUT2D eigenvalue weighted by Gasteiger charge is -2.26. The van der Waals surface area contributed by atoms with Gasteiger partial charge in [-0.15, -0.1) is 0 Å². The summed E-state index contributed by atoms with van der Waals surface area (Å²) in [5.41, 5.74) is 2.58. The molecular formula is C33H28Br2Cl2N2O5S. The molecule has 5 rings (SSSR count). The van der Waals surface area contributed by atoms with Gasteiger partial charge in [0.05, 0.1) is 43.0 Å². The molecule has 45 heavy (non-hydrogen) atoms. The van der Waals surface area contributed by atoms with E-state index >= 15 is 0 Å². The van der Waals surface area contributed by atoms with Crippen LogP contribution >= 0.6 is 66.4 Å². The normalized spacial score (nSPS) is 14.8. The Morgan fingerprint density at radius 1 is 1.11 bits per heavy atom. The molecule has 0 spiro atoms. The Hall–Kier alpha value is -2.89. The Balaban J connectivity index is 1.66. The van der Waals surface area contributed by atoms with Crippen LogP contribution in [0.1, 0.15) is 50.4 Å². The molecule has 2 heterocycles. The van der Waals surface area contributed by atoms with E-state index in [9.17, 15) is 9.59 Å². The van der Waals surface area contributed by atoms with Gasteiger partial charge < -0.3 is 14.2 Å². The molecule has 7 nitrogen and oxygen atoms in total. The molecule has 0 amide bonds. The minimum Gasteiger partial charge on any atom is -0.491 e. The van der Waals surface area contributed by atoms with Crippen molar-refractivity contribution in [3.63, 3.8) is 0 Å². The van der Waals surface area contributed by atoms with Gasteiger partial charge in [-0.05, 0) is 85.6 Å². The van der Waals surface area contributed by atoms with Gasteiger partial charge in [0, 0.05) is 15.6 Å². The van der Waals surface area contributed by atoms with Crippen molar-refractivity contribution in [3.05, 3.63) is 121 Å². The molecule has 0 aliphatic carbocycles. The quantitative estimate of drug-likeness (QED) is 0.161. The van der Waals surface area contributed by atoms with Crippen LogP contribution in [0.15, 0.2) is 84.6 Å². The van der Waals surface area contributed by atoms with Gasteiger partial charge in [0.2, 0.25) is 0 Å². The number of halogens is 4. The van der Waals surface area contributed by atoms with Gasteiger partial charge in [0.1, 0.15) is 24.1 Å². The fraction of sp³-hybridized carbons (Fsp3) is 0.242. The number of ether oxygens (including phenoxy) is 3. The lowest BCUT2D eigenvalue weighted by Crippen LogP contribution is -2.40. The van der Waals surface area contributed by atoms with E-state index in [1.54, 1.807) is 36.6 Å². The zero-order valence-corrected chi connectivity index (χ0v) is 30.2. The highest BCUT2D eigenvalue weighted by atomic mass is 79.9. The molecule has 1 aliphatic rings. The number of para-hydroxylation sites is 1. The maximum absolute atomic E-state index is 14.3. The van der Waals surface area contributed by atoms with Crippen LogP contribution in [0.25, 0.3) is 6.08 Å². The molecular weight excluding hydrogens is 767 g/mol. The minimum absolute atomic E-state index is 0.129. The zero-order valence-electron chi connectivity index (χ0n) is 24.7. The summed E-state index contributed by atoms with van der Waals surface area (Å²) >= 11 is 20.7. The van der Waals surface area contributed by atoms with Crippen molar-refractivity contribution >= 4 is 78.4 Å². The summed E-state index contributed by atoms with van der Waals surface area (Å²) in [4.78, 5) is 32.8. The van der Waals surface area contributed by atoms with Crippen molar-refractivity contribution in [1.82, 2.24) is 4.57 Å². The van der Waals surface area contributed by atoms with Crippen LogP contribution < -0.4 is 24.4 Å². The third kappa shape index (κ3) is 7.25. The lowest BCUT2D eigenvalue weighted by atomic mass is 9.95. The molecule has 0 saturated heterocycles. The maximum atomic E-state index is 14.3. The molecule has 0 fully saturated rings. The summed E-state index contributed by atoms with van der Waals surface area (Å²) in [5, 5.41) is 0.890. The highest BCUT2D eigenvalue weighted by Crippen LogP contribution is 2.37. The molecule has 12 heteroatoms. The third-order valence-electron chi connectivity index (χ3n) is 6.78. The Labute approximate surface area is 291 Å². The van der Waals surface area contributed by atoms with Crippen molar-refractivity contribution in [2.75, 3.05) is 6.61 Å². The predicted molar refractivity (Wildman–Crippen MR) is 185 cm³/mol. The summed E-state index contributed by atoms with van der Waals surface area (Å²) in [6.07, 6.45) is 1.64. The van der Waals surface area contributed by atoms with Crippen molar-refractivity contribution < 1.29 is 19.0 Å². The summed E-state index contributed by atoms with van der Waals surface area (Å²) in [6, 6.07) is 15.6. The Kier molecular flexibility index (Phi) is 10.6. The highest BCUT2D eigenvalue weighted by Gasteiger charge is 2.35. The van der Waals surface area contributed by atoms with Gasteiger partial charge in [0.25, 0.3) is 5.56 Å². The van der Waals surface area contributed by atoms with Crippen LogP contribution in [0.3, 0.4) is 0 Å². The smallest absolute Gasteiger partial charge is 0.338 e. The Morgan fingerprint density at radius 3 is 2.58 bits per heavy atom. The van der Waals surface area contributed by atoms with E-state index < -0.39 is 12.0 Å². The SMILES string of the molecule is CCOC(=O)C1=C(C)N=c2s/c(=C\c3cc(Br)cc(Br)c3OCc3ccc(Cl)c(Cl)c3)c(=O)n2[C@@H]1c1ccccc1OC(C)C. The van der Waals surface area contributed by atoms with E-state index in [1.165, 1.54) is 11.3 Å². The van der Waals surface area contributed by atoms with Gasteiger partial charge in [-0.25, -0.2) is 9.79 Å². The van der Waals surface area contributed by atoms with Gasteiger partial charge in [-0.1, -0.05) is 74.7 Å². The average molecular weight is 795 g/mol. The van der Waals surface area contributed by atoms with Gasteiger partial charge in [-0.3, -0.25) is 9.36 Å². The van der Waals surface area contributed by atoms with E-state index in [4.69, 9.17) is 42.4 Å². The number of benzene rings is 3. The third-order valence-corrected chi connectivity index (χ3v) is 9.55. The monoisotopic (exact) mass is 792 g/mol. The number of allylic oxidation sites excluding steroid dienone is 1. The molecule has 0 radical (unpaired) electrons. The van der Waals surface area contributed by atoms with Crippen molar-refractivity contribution in [2.45, 2.75) is 46.4 Å². The van der Waals surface area contributed by atoms with Crippen LogP contribution in [0, 0.1) is 0 Å². The number of carbonyl (C=O) groups excluding carboxylic acids is 1. The fourth-order valence-corrected chi connectivity index (χ4v) is 7.65. The zero-order chi connectivity index (χ0) is 32.4. The minimum atomic E-state index is -0.808. The summed E-state index contributed by atoms with van der Waals surface area (Å²) in [7, 11) is 0. The van der Waals surface area contributed by atoms with Gasteiger partial charge >= 0.3 is 5.97 Å². The Bertz CT molecular complexity index is 2000. The molecule has 1 aliphatic heterocycles. The predicted octanol–water partition coefficient (Wildman–Crippen LogP) is 8.00. The van der Waals surface area contributed by atoms with E-state index in [1.807, 2.05) is 56.3 Å². The lowest BCUT2D eigenvalue weighted by molar-refractivity contribution is -0.139. The first-order valence-corrected chi connectivity index (χ1v) is 17.1. The molecule has 0 saturated carbocycles. The van der Waals surface area contributed by atoms with Crippen molar-refractivity contribution in [1.29, 1.82) is 0 Å². The summed E-state index contributed by atoms with van der Waals surface area (Å²) < 4.78 is 21.2. The topological polar surface area (TPSA) is 79.1 Å². The van der Waals surface area contributed by atoms with E-state index in [-0.39, 0.29) is 30.5 Å². The fourth-order valence-electron chi connectivity index (χ4n) is 4.92. The summed E-state index contributed by atoms with van der Waals surface area (Å²) in [6.45, 7) is 7.74. The van der Waals surface area contributed by atoms with Crippen LogP contribution in [-0.4, -0.2) is 23.2 Å². The maximum Gasteiger partial charge on any atom is 0.338 e. The standard InChI is InChI=1S/C33H28Br2Cl2N2O5S/c1-5-42-32(41)28-18(4)38-33-39(29(28)22-8-6-7-9-26(22)44-17(2)3)31(40)27(45-33)14-20-13-21(34)15-23(35)30(20)43-16-19-10-11-24(36)25(37)12-19/h6-15,17,29H,5,16H2,1-4H3/b27-14-/t29-/m1/s1. The second-order valence-electron chi connectivity index (χ2n) is 10.3. The molecule has 3 aromatic carbocycles. The number of hydrogen-bond acceptors (Lipinski definition) is 7. The van der Waals surface area contributed by atoms with E-state index in [0.717, 1.165) is 10.0 Å². The molecule has 1 atom stereocenters. The van der Waals surface area contributed by atoms with Crippen LogP contribution in [-0.2, 0) is 16.1 Å². The van der Waals surface area contributed by atoms with E-state index in [2.05, 4.69) is 31.9 Å². The van der Waals surface area contributed by atoms with Crippen LogP contribution in [0.2, 0.25) is 10.0 Å². The number of nitrogens with zero attached hydrogens (tertiary/aromatic N) is 2. The second-order valence-corrected chi connectivity index (χ2v) is 13.9. The number of esters is 1. The van der Waals surface area contributed by atoms with Gasteiger partial charge in [0.15, 0.2) is 4.80 Å². The Morgan fingerprint density at radius 2 is 1.87 bits per heavy atom. The number of rotatable bonds is 9. The number of fused-ring (bicyclic) bond motifs is 1. The first-order valence-electron chi connectivity index (χ1n) is 14.0. The van der Waals surface area contributed by atoms with Crippen LogP contribution in [0.4, 0.5) is 0 Å². The van der Waals surface area contributed by atoms with Crippen LogP contribution in [0.5, 0.6) is 11.5 Å². The van der Waals surface area contributed by atoms with Gasteiger partial charge in [-0.2, -0.15) is 0 Å². The number of thiazole rings is 1. The molecule has 234 valence electrons. The second kappa shape index (κ2) is 14.3. The number of aromatic nitrogens is 1. The molecule has 0 unspecified atom stereocenters. The first-order chi connectivity index (χ1) is 21.5. The molecule has 4 aromatic rings. The van der Waals surface area contributed by atoms with Crippen molar-refractivity contribution in [3.8, 4) is 11.5 Å². The average Bonchev–Trinajstić information content (AvgIpc) is 3.27. The largest absolute Gasteiger partial charge is 0.491 e. The molecule has 1 aromatic heterocycles. The van der Waals surface area contributed by atoms with E-state index in [0.29, 0.717) is 52.2 Å². The first kappa shape index (κ1) is 33.5. The number of carbonyl (C=O) groups is 1. The highest BCUT2D eigenvalue weighted by molar-refractivity contribution is 9.11.